The van der Waals surface area contributed by atoms with Crippen LogP contribution in [0, 0.1) is 0 Å². The minimum atomic E-state index is -3.29. The van der Waals surface area contributed by atoms with Crippen LogP contribution < -0.4 is 0 Å². The predicted octanol–water partition coefficient (Wildman–Crippen LogP) is 0.0626. The molecule has 13 heavy (non-hydrogen) atoms. The second kappa shape index (κ2) is 2.46. The average Bonchev–Trinajstić information content (AvgIpc) is 3.00. The molecule has 0 aromatic heterocycles. The summed E-state index contributed by atoms with van der Waals surface area (Å²) in [6, 6.07) is 0. The molecule has 2 aliphatic rings. The molecule has 0 aliphatic heterocycles. The lowest BCUT2D eigenvalue weighted by Crippen LogP contribution is -2.39. The van der Waals surface area contributed by atoms with E-state index in [1.165, 1.54) is 7.11 Å². The fraction of sp³-hybridized carbons (Fsp3) is 1.00. The Hall–Kier alpha value is -0.130. The van der Waals surface area contributed by atoms with Gasteiger partial charge in [0.15, 0.2) is 14.8 Å². The van der Waals surface area contributed by atoms with Crippen LogP contribution in [0.1, 0.15) is 25.7 Å². The summed E-state index contributed by atoms with van der Waals surface area (Å²) >= 11 is 0. The molecule has 76 valence electrons. The Kier molecular flexibility index (Phi) is 1.78. The summed E-state index contributed by atoms with van der Waals surface area (Å²) in [5.74, 6) is 0. The Morgan fingerprint density at radius 2 is 1.85 bits per heavy atom. The minimum Gasteiger partial charge on any atom is -0.395 e. The molecule has 2 aliphatic carbocycles. The molecule has 2 saturated carbocycles. The van der Waals surface area contributed by atoms with Crippen molar-refractivity contribution >= 4 is 9.84 Å². The van der Waals surface area contributed by atoms with Crippen LogP contribution in [0.2, 0.25) is 0 Å². The van der Waals surface area contributed by atoms with Gasteiger partial charge in [0.1, 0.15) is 0 Å². The van der Waals surface area contributed by atoms with Crippen LogP contribution in [-0.2, 0) is 14.6 Å². The molecule has 2 rings (SSSR count). The fourth-order valence-corrected chi connectivity index (χ4v) is 4.19. The van der Waals surface area contributed by atoms with Crippen molar-refractivity contribution in [1.82, 2.24) is 0 Å². The van der Waals surface area contributed by atoms with Gasteiger partial charge in [0.05, 0.1) is 11.4 Å². The first kappa shape index (κ1) is 9.43. The van der Waals surface area contributed by atoms with Crippen LogP contribution in [0.3, 0.4) is 0 Å². The van der Waals surface area contributed by atoms with Crippen LogP contribution in [-0.4, -0.2) is 36.9 Å². The number of rotatable bonds is 4. The van der Waals surface area contributed by atoms with Crippen LogP contribution in [0.4, 0.5) is 0 Å². The van der Waals surface area contributed by atoms with Crippen LogP contribution >= 0.6 is 0 Å². The summed E-state index contributed by atoms with van der Waals surface area (Å²) in [6.45, 7) is -0.263. The number of aliphatic hydroxyl groups excluding tert-OH is 1. The van der Waals surface area contributed by atoms with Gasteiger partial charge in [0.2, 0.25) is 0 Å². The van der Waals surface area contributed by atoms with E-state index >= 15 is 0 Å². The number of sulfone groups is 1. The summed E-state index contributed by atoms with van der Waals surface area (Å²) in [6.07, 6.45) is 2.31. The van der Waals surface area contributed by atoms with Gasteiger partial charge < -0.3 is 9.84 Å². The highest BCUT2D eigenvalue weighted by Crippen LogP contribution is 2.56. The van der Waals surface area contributed by atoms with E-state index in [2.05, 4.69) is 0 Å². The standard InChI is InChI=1S/C8H14O4S/c1-12-8(4-5-8)13(10,11)7(6-9)2-3-7/h9H,2-6H2,1H3. The molecule has 0 unspecified atom stereocenters. The second-order valence-electron chi connectivity index (χ2n) is 3.96. The highest BCUT2D eigenvalue weighted by Gasteiger charge is 2.67. The van der Waals surface area contributed by atoms with Gasteiger partial charge in [-0.05, 0) is 25.7 Å². The van der Waals surface area contributed by atoms with E-state index in [1.54, 1.807) is 0 Å². The Balaban J connectivity index is 2.32. The first-order chi connectivity index (χ1) is 6.04. The van der Waals surface area contributed by atoms with Crippen molar-refractivity contribution in [3.8, 4) is 0 Å². The lowest BCUT2D eigenvalue weighted by atomic mass is 10.5. The van der Waals surface area contributed by atoms with Crippen molar-refractivity contribution in [3.05, 3.63) is 0 Å². The van der Waals surface area contributed by atoms with Gasteiger partial charge in [-0.15, -0.1) is 0 Å². The van der Waals surface area contributed by atoms with Crippen LogP contribution in [0.25, 0.3) is 0 Å². The van der Waals surface area contributed by atoms with Gasteiger partial charge in [-0.3, -0.25) is 0 Å². The zero-order chi connectivity index (χ0) is 9.74. The van der Waals surface area contributed by atoms with Gasteiger partial charge in [-0.25, -0.2) is 8.42 Å². The fourth-order valence-electron chi connectivity index (χ4n) is 1.73. The SMILES string of the molecule is COC1(S(=O)(=O)C2(CO)CC2)CC1. The van der Waals surface area contributed by atoms with Crippen molar-refractivity contribution < 1.29 is 18.3 Å². The highest BCUT2D eigenvalue weighted by atomic mass is 32.2. The number of hydrogen-bond acceptors (Lipinski definition) is 4. The van der Waals surface area contributed by atoms with E-state index in [1.807, 2.05) is 0 Å². The third-order valence-corrected chi connectivity index (χ3v) is 6.42. The maximum Gasteiger partial charge on any atom is 0.187 e. The highest BCUT2D eigenvalue weighted by molar-refractivity contribution is 7.94. The third kappa shape index (κ3) is 1.01. The Labute approximate surface area is 77.8 Å². The Bertz CT molecular complexity index is 285. The molecule has 0 amide bonds. The second-order valence-corrected chi connectivity index (χ2v) is 6.58. The van der Waals surface area contributed by atoms with Gasteiger partial charge in [-0.2, -0.15) is 0 Å². The molecule has 1 N–H and O–H groups in total. The molecular formula is C8H14O4S. The van der Waals surface area contributed by atoms with Crippen molar-refractivity contribution in [3.63, 3.8) is 0 Å². The predicted molar refractivity (Wildman–Crippen MR) is 46.9 cm³/mol. The monoisotopic (exact) mass is 206 g/mol. The maximum absolute atomic E-state index is 12.0. The van der Waals surface area contributed by atoms with Crippen LogP contribution in [0.15, 0.2) is 0 Å². The lowest BCUT2D eigenvalue weighted by molar-refractivity contribution is 0.142. The number of ether oxygens (including phenoxy) is 1. The molecule has 0 heterocycles. The van der Waals surface area contributed by atoms with E-state index in [0.717, 1.165) is 0 Å². The van der Waals surface area contributed by atoms with E-state index in [-0.39, 0.29) is 6.61 Å². The lowest BCUT2D eigenvalue weighted by Gasteiger charge is -2.20. The van der Waals surface area contributed by atoms with E-state index in [9.17, 15) is 8.42 Å². The number of hydrogen-bond donors (Lipinski definition) is 1. The minimum absolute atomic E-state index is 0.263. The molecule has 0 spiro atoms. The quantitative estimate of drug-likeness (QED) is 0.706. The number of methoxy groups -OCH3 is 1. The molecule has 0 radical (unpaired) electrons. The first-order valence-electron chi connectivity index (χ1n) is 4.44. The molecule has 0 aromatic rings. The largest absolute Gasteiger partial charge is 0.395 e. The van der Waals surface area contributed by atoms with Gasteiger partial charge >= 0.3 is 0 Å². The third-order valence-electron chi connectivity index (χ3n) is 3.19. The summed E-state index contributed by atoms with van der Waals surface area (Å²) in [7, 11) is -1.86. The van der Waals surface area contributed by atoms with Gasteiger partial charge in [-0.1, -0.05) is 0 Å². The summed E-state index contributed by atoms with van der Waals surface area (Å²) in [4.78, 5) is -0.952. The van der Waals surface area contributed by atoms with E-state index in [0.29, 0.717) is 25.7 Å². The van der Waals surface area contributed by atoms with E-state index in [4.69, 9.17) is 9.84 Å². The van der Waals surface area contributed by atoms with Gasteiger partial charge in [0.25, 0.3) is 0 Å². The zero-order valence-corrected chi connectivity index (χ0v) is 8.43. The molecule has 4 nitrogen and oxygen atoms in total. The van der Waals surface area contributed by atoms with E-state index < -0.39 is 19.5 Å². The average molecular weight is 206 g/mol. The molecular weight excluding hydrogens is 192 g/mol. The molecule has 0 atom stereocenters. The van der Waals surface area contributed by atoms with Crippen molar-refractivity contribution in [2.24, 2.45) is 0 Å². The van der Waals surface area contributed by atoms with Crippen molar-refractivity contribution in [1.29, 1.82) is 0 Å². The Morgan fingerprint density at radius 3 is 2.08 bits per heavy atom. The molecule has 2 fully saturated rings. The van der Waals surface area contributed by atoms with Gasteiger partial charge in [0, 0.05) is 7.11 Å². The topological polar surface area (TPSA) is 63.6 Å². The van der Waals surface area contributed by atoms with Crippen molar-refractivity contribution in [2.75, 3.05) is 13.7 Å². The maximum atomic E-state index is 12.0. The molecule has 0 bridgehead atoms. The molecule has 0 saturated heterocycles. The summed E-state index contributed by atoms with van der Waals surface area (Å²) < 4.78 is 28.1. The smallest absolute Gasteiger partial charge is 0.187 e. The summed E-state index contributed by atoms with van der Waals surface area (Å²) in [5, 5.41) is 9.04. The van der Waals surface area contributed by atoms with Crippen LogP contribution in [0.5, 0.6) is 0 Å². The molecule has 0 aromatic carbocycles. The summed E-state index contributed by atoms with van der Waals surface area (Å²) in [5.41, 5.74) is 0. The van der Waals surface area contributed by atoms with Crippen molar-refractivity contribution in [2.45, 2.75) is 35.4 Å². The normalized spacial score (nSPS) is 28.5. The first-order valence-corrected chi connectivity index (χ1v) is 5.92. The zero-order valence-electron chi connectivity index (χ0n) is 7.62. The molecule has 5 heteroatoms. The Morgan fingerprint density at radius 1 is 1.31 bits per heavy atom. The number of aliphatic hydroxyl groups is 1.